The zero-order chi connectivity index (χ0) is 16.4. The third-order valence-electron chi connectivity index (χ3n) is 4.75. The van der Waals surface area contributed by atoms with E-state index in [-0.39, 0.29) is 0 Å². The molecule has 3 heterocycles. The second-order valence-electron chi connectivity index (χ2n) is 6.63. The maximum atomic E-state index is 4.92. The SMILES string of the molecule is Cc1cccc(Cc2nc3ccccn3c2CN2CCNCC2)c1. The largest absolute Gasteiger partial charge is 0.314 e. The first kappa shape index (κ1) is 15.4. The van der Waals surface area contributed by atoms with Crippen molar-refractivity contribution < 1.29 is 0 Å². The average Bonchev–Trinajstić information content (AvgIpc) is 2.93. The number of fused-ring (bicyclic) bond motifs is 1. The standard InChI is InChI=1S/C20H24N4/c1-16-5-4-6-17(13-16)14-18-19(15-23-11-8-21-9-12-23)24-10-3-2-7-20(24)22-18/h2-7,10,13,21H,8-9,11-12,14-15H2,1H3. The van der Waals surface area contributed by atoms with Crippen molar-refractivity contribution in [2.24, 2.45) is 0 Å². The van der Waals surface area contributed by atoms with Crippen molar-refractivity contribution in [2.45, 2.75) is 19.9 Å². The molecule has 3 aromatic rings. The molecule has 1 saturated heterocycles. The summed E-state index contributed by atoms with van der Waals surface area (Å²) in [6.45, 7) is 7.46. The summed E-state index contributed by atoms with van der Waals surface area (Å²) >= 11 is 0. The molecule has 1 N–H and O–H groups in total. The lowest BCUT2D eigenvalue weighted by atomic mass is 10.1. The van der Waals surface area contributed by atoms with Crippen LogP contribution in [-0.4, -0.2) is 40.5 Å². The highest BCUT2D eigenvalue weighted by Gasteiger charge is 2.17. The minimum Gasteiger partial charge on any atom is -0.314 e. The van der Waals surface area contributed by atoms with Crippen LogP contribution < -0.4 is 5.32 Å². The molecule has 0 bridgehead atoms. The Balaban J connectivity index is 1.69. The van der Waals surface area contributed by atoms with Crippen LogP contribution in [0.5, 0.6) is 0 Å². The van der Waals surface area contributed by atoms with Crippen LogP contribution in [0.25, 0.3) is 5.65 Å². The summed E-state index contributed by atoms with van der Waals surface area (Å²) in [6.07, 6.45) is 3.03. The van der Waals surface area contributed by atoms with Crippen molar-refractivity contribution in [1.82, 2.24) is 19.6 Å². The summed E-state index contributed by atoms with van der Waals surface area (Å²) in [4.78, 5) is 7.44. The van der Waals surface area contributed by atoms with Crippen LogP contribution in [-0.2, 0) is 13.0 Å². The van der Waals surface area contributed by atoms with E-state index in [9.17, 15) is 0 Å². The van der Waals surface area contributed by atoms with Gasteiger partial charge in [-0.25, -0.2) is 4.98 Å². The summed E-state index contributed by atoms with van der Waals surface area (Å²) < 4.78 is 2.26. The van der Waals surface area contributed by atoms with Crippen molar-refractivity contribution in [3.05, 3.63) is 71.2 Å². The number of pyridine rings is 1. The highest BCUT2D eigenvalue weighted by molar-refractivity contribution is 5.44. The molecule has 1 fully saturated rings. The second kappa shape index (κ2) is 6.75. The molecule has 1 aliphatic heterocycles. The molecule has 1 aromatic carbocycles. The molecule has 0 radical (unpaired) electrons. The van der Waals surface area contributed by atoms with Gasteiger partial charge in [0.15, 0.2) is 0 Å². The molecule has 124 valence electrons. The number of aromatic nitrogens is 2. The van der Waals surface area contributed by atoms with E-state index in [4.69, 9.17) is 4.98 Å². The molecule has 0 atom stereocenters. The topological polar surface area (TPSA) is 32.6 Å². The molecule has 4 rings (SSSR count). The van der Waals surface area contributed by atoms with Gasteiger partial charge in [-0.1, -0.05) is 35.9 Å². The summed E-state index contributed by atoms with van der Waals surface area (Å²) in [5, 5.41) is 3.43. The van der Waals surface area contributed by atoms with Gasteiger partial charge in [0, 0.05) is 45.3 Å². The van der Waals surface area contributed by atoms with Gasteiger partial charge in [-0.2, -0.15) is 0 Å². The molecular weight excluding hydrogens is 296 g/mol. The quantitative estimate of drug-likeness (QED) is 0.802. The van der Waals surface area contributed by atoms with E-state index in [2.05, 4.69) is 70.2 Å². The van der Waals surface area contributed by atoms with Gasteiger partial charge < -0.3 is 9.72 Å². The number of piperazine rings is 1. The fourth-order valence-electron chi connectivity index (χ4n) is 3.50. The summed E-state index contributed by atoms with van der Waals surface area (Å²) in [5.41, 5.74) is 6.21. The van der Waals surface area contributed by atoms with Gasteiger partial charge in [-0.05, 0) is 24.6 Å². The fraction of sp³-hybridized carbons (Fsp3) is 0.350. The number of aryl methyl sites for hydroxylation is 1. The van der Waals surface area contributed by atoms with Crippen molar-refractivity contribution >= 4 is 5.65 Å². The van der Waals surface area contributed by atoms with Crippen molar-refractivity contribution in [1.29, 1.82) is 0 Å². The lowest BCUT2D eigenvalue weighted by Crippen LogP contribution is -2.43. The van der Waals surface area contributed by atoms with E-state index >= 15 is 0 Å². The Morgan fingerprint density at radius 1 is 1.08 bits per heavy atom. The molecule has 0 saturated carbocycles. The van der Waals surface area contributed by atoms with Crippen LogP contribution in [0.4, 0.5) is 0 Å². The van der Waals surface area contributed by atoms with E-state index < -0.39 is 0 Å². The van der Waals surface area contributed by atoms with Gasteiger partial charge in [-0.3, -0.25) is 4.90 Å². The van der Waals surface area contributed by atoms with Gasteiger partial charge in [0.05, 0.1) is 11.4 Å². The predicted molar refractivity (Wildman–Crippen MR) is 97.3 cm³/mol. The van der Waals surface area contributed by atoms with Crippen LogP contribution >= 0.6 is 0 Å². The number of benzene rings is 1. The monoisotopic (exact) mass is 320 g/mol. The molecular formula is C20H24N4. The first-order valence-corrected chi connectivity index (χ1v) is 8.73. The summed E-state index contributed by atoms with van der Waals surface area (Å²) in [6, 6.07) is 15.0. The highest BCUT2D eigenvalue weighted by Crippen LogP contribution is 2.19. The number of nitrogens with one attached hydrogen (secondary N) is 1. The van der Waals surface area contributed by atoms with Gasteiger partial charge in [-0.15, -0.1) is 0 Å². The predicted octanol–water partition coefficient (Wildman–Crippen LogP) is 2.64. The van der Waals surface area contributed by atoms with E-state index in [1.54, 1.807) is 0 Å². The zero-order valence-electron chi connectivity index (χ0n) is 14.2. The van der Waals surface area contributed by atoms with Crippen LogP contribution in [0.2, 0.25) is 0 Å². The highest BCUT2D eigenvalue weighted by atomic mass is 15.2. The smallest absolute Gasteiger partial charge is 0.137 e. The van der Waals surface area contributed by atoms with Crippen molar-refractivity contribution in [3.8, 4) is 0 Å². The van der Waals surface area contributed by atoms with Crippen molar-refractivity contribution in [2.75, 3.05) is 26.2 Å². The van der Waals surface area contributed by atoms with Crippen LogP contribution in [0.1, 0.15) is 22.5 Å². The van der Waals surface area contributed by atoms with Gasteiger partial charge in [0.1, 0.15) is 5.65 Å². The van der Waals surface area contributed by atoms with E-state index in [1.165, 1.54) is 22.5 Å². The van der Waals surface area contributed by atoms with Crippen molar-refractivity contribution in [3.63, 3.8) is 0 Å². The fourth-order valence-corrected chi connectivity index (χ4v) is 3.50. The Kier molecular flexibility index (Phi) is 4.32. The molecule has 0 unspecified atom stereocenters. The maximum absolute atomic E-state index is 4.92. The Morgan fingerprint density at radius 3 is 2.79 bits per heavy atom. The maximum Gasteiger partial charge on any atom is 0.137 e. The lowest BCUT2D eigenvalue weighted by Gasteiger charge is -2.27. The first-order valence-electron chi connectivity index (χ1n) is 8.73. The molecule has 2 aromatic heterocycles. The molecule has 0 spiro atoms. The van der Waals surface area contributed by atoms with Gasteiger partial charge in [0.2, 0.25) is 0 Å². The molecule has 0 aliphatic carbocycles. The first-order chi connectivity index (χ1) is 11.8. The number of nitrogens with zero attached hydrogens (tertiary/aromatic N) is 3. The molecule has 1 aliphatic rings. The molecule has 0 amide bonds. The van der Waals surface area contributed by atoms with E-state index in [1.807, 2.05) is 0 Å². The third kappa shape index (κ3) is 3.21. The number of hydrogen-bond donors (Lipinski definition) is 1. The number of hydrogen-bond acceptors (Lipinski definition) is 3. The zero-order valence-corrected chi connectivity index (χ0v) is 14.2. The Bertz CT molecular complexity index is 831. The van der Waals surface area contributed by atoms with Gasteiger partial charge >= 0.3 is 0 Å². The minimum atomic E-state index is 0.894. The average molecular weight is 320 g/mol. The summed E-state index contributed by atoms with van der Waals surface area (Å²) in [7, 11) is 0. The molecule has 4 heteroatoms. The Morgan fingerprint density at radius 2 is 1.96 bits per heavy atom. The number of rotatable bonds is 4. The Hall–Kier alpha value is -2.17. The van der Waals surface area contributed by atoms with Crippen LogP contribution in [0.3, 0.4) is 0 Å². The lowest BCUT2D eigenvalue weighted by molar-refractivity contribution is 0.229. The minimum absolute atomic E-state index is 0.894. The third-order valence-corrected chi connectivity index (χ3v) is 4.75. The van der Waals surface area contributed by atoms with Crippen LogP contribution in [0.15, 0.2) is 48.7 Å². The summed E-state index contributed by atoms with van der Waals surface area (Å²) in [5.74, 6) is 0. The van der Waals surface area contributed by atoms with E-state index in [0.717, 1.165) is 44.8 Å². The normalized spacial score (nSPS) is 15.9. The molecule has 24 heavy (non-hydrogen) atoms. The van der Waals surface area contributed by atoms with Gasteiger partial charge in [0.25, 0.3) is 0 Å². The Labute approximate surface area is 143 Å². The number of imidazole rings is 1. The molecule has 4 nitrogen and oxygen atoms in total. The second-order valence-corrected chi connectivity index (χ2v) is 6.63. The van der Waals surface area contributed by atoms with E-state index in [0.29, 0.717) is 0 Å². The van der Waals surface area contributed by atoms with Crippen LogP contribution in [0, 0.1) is 6.92 Å².